The van der Waals surface area contributed by atoms with Crippen LogP contribution >= 0.6 is 11.6 Å². The number of amides is 1. The summed E-state index contributed by atoms with van der Waals surface area (Å²) in [5.41, 5.74) is 0.274. The van der Waals surface area contributed by atoms with Crippen molar-refractivity contribution in [1.29, 1.82) is 0 Å². The Bertz CT molecular complexity index is 463. The van der Waals surface area contributed by atoms with Crippen LogP contribution in [0.5, 0.6) is 0 Å². The van der Waals surface area contributed by atoms with Gasteiger partial charge in [0.25, 0.3) is 5.91 Å². The van der Waals surface area contributed by atoms with Gasteiger partial charge >= 0.3 is 0 Å². The van der Waals surface area contributed by atoms with Gasteiger partial charge in [0.1, 0.15) is 11.5 Å². The van der Waals surface area contributed by atoms with Crippen LogP contribution in [0.4, 0.5) is 0 Å². The summed E-state index contributed by atoms with van der Waals surface area (Å²) in [4.78, 5) is 20.7. The molecular formula is C16H26ClN3O. The Balaban J connectivity index is 2.60. The largest absolute Gasteiger partial charge is 0.348 e. The van der Waals surface area contributed by atoms with Crippen molar-refractivity contribution in [2.75, 3.05) is 0 Å². The van der Waals surface area contributed by atoms with E-state index in [4.69, 9.17) is 11.6 Å². The number of hydrogen-bond acceptors (Lipinski definition) is 3. The fourth-order valence-corrected chi connectivity index (χ4v) is 2.24. The molecule has 1 aromatic heterocycles. The van der Waals surface area contributed by atoms with Gasteiger partial charge in [-0.05, 0) is 13.3 Å². The van der Waals surface area contributed by atoms with E-state index in [1.807, 2.05) is 20.8 Å². The van der Waals surface area contributed by atoms with Gasteiger partial charge in [-0.2, -0.15) is 0 Å². The molecule has 0 aliphatic rings. The van der Waals surface area contributed by atoms with Gasteiger partial charge in [0.05, 0.1) is 11.2 Å². The van der Waals surface area contributed by atoms with Crippen molar-refractivity contribution in [3.8, 4) is 0 Å². The Morgan fingerprint density at radius 2 is 2.00 bits per heavy atom. The molecule has 1 aromatic rings. The second-order valence-electron chi connectivity index (χ2n) is 5.80. The van der Waals surface area contributed by atoms with Crippen LogP contribution in [0.25, 0.3) is 0 Å². The fraction of sp³-hybridized carbons (Fsp3) is 0.688. The molecule has 0 aliphatic heterocycles. The third-order valence-electron chi connectivity index (χ3n) is 3.36. The van der Waals surface area contributed by atoms with Crippen molar-refractivity contribution in [3.05, 3.63) is 22.7 Å². The van der Waals surface area contributed by atoms with Crippen LogP contribution in [-0.4, -0.2) is 21.9 Å². The Hall–Kier alpha value is -1.16. The smallest absolute Gasteiger partial charge is 0.271 e. The topological polar surface area (TPSA) is 54.9 Å². The van der Waals surface area contributed by atoms with E-state index in [-0.39, 0.29) is 23.6 Å². The summed E-state index contributed by atoms with van der Waals surface area (Å²) in [6.07, 6.45) is 7.29. The Kier molecular flexibility index (Phi) is 7.65. The minimum absolute atomic E-state index is 0.128. The number of carbonyl (C=O) groups is 1. The van der Waals surface area contributed by atoms with Crippen molar-refractivity contribution in [3.63, 3.8) is 0 Å². The molecule has 1 rings (SSSR count). The molecule has 0 bridgehead atoms. The highest BCUT2D eigenvalue weighted by Gasteiger charge is 2.17. The quantitative estimate of drug-likeness (QED) is 0.726. The lowest BCUT2D eigenvalue weighted by molar-refractivity contribution is 0.0932. The van der Waals surface area contributed by atoms with E-state index < -0.39 is 0 Å². The van der Waals surface area contributed by atoms with E-state index in [2.05, 4.69) is 22.2 Å². The first kappa shape index (κ1) is 17.9. The van der Waals surface area contributed by atoms with E-state index in [9.17, 15) is 4.79 Å². The second-order valence-corrected chi connectivity index (χ2v) is 6.21. The zero-order valence-electron chi connectivity index (χ0n) is 13.4. The van der Waals surface area contributed by atoms with Crippen molar-refractivity contribution in [2.45, 2.75) is 71.8 Å². The summed E-state index contributed by atoms with van der Waals surface area (Å²) in [5.74, 6) is 0.590. The molecular weight excluding hydrogens is 286 g/mol. The maximum absolute atomic E-state index is 12.3. The second kappa shape index (κ2) is 8.98. The zero-order valence-corrected chi connectivity index (χ0v) is 14.2. The average molecular weight is 312 g/mol. The maximum Gasteiger partial charge on any atom is 0.271 e. The van der Waals surface area contributed by atoms with Crippen molar-refractivity contribution in [1.82, 2.24) is 15.3 Å². The van der Waals surface area contributed by atoms with E-state index in [0.717, 1.165) is 12.8 Å². The molecule has 0 spiro atoms. The molecule has 21 heavy (non-hydrogen) atoms. The lowest BCUT2D eigenvalue weighted by atomic mass is 10.1. The Morgan fingerprint density at radius 1 is 1.29 bits per heavy atom. The first-order chi connectivity index (χ1) is 9.95. The molecule has 0 aliphatic carbocycles. The standard InChI is InChI=1S/C16H26ClN3O/c1-5-6-7-8-9-12(4)19-16(21)14-13(17)10-18-15(20-14)11(2)3/h10-12H,5-9H2,1-4H3,(H,19,21). The molecule has 5 heteroatoms. The summed E-state index contributed by atoms with van der Waals surface area (Å²) in [7, 11) is 0. The normalized spacial score (nSPS) is 12.5. The maximum atomic E-state index is 12.3. The van der Waals surface area contributed by atoms with Crippen LogP contribution in [0.2, 0.25) is 5.02 Å². The summed E-state index contributed by atoms with van der Waals surface area (Å²) in [5, 5.41) is 3.27. The monoisotopic (exact) mass is 311 g/mol. The third kappa shape index (κ3) is 6.00. The predicted octanol–water partition coefficient (Wildman–Crippen LogP) is 4.34. The van der Waals surface area contributed by atoms with Crippen molar-refractivity contribution >= 4 is 17.5 Å². The van der Waals surface area contributed by atoms with Gasteiger partial charge in [-0.15, -0.1) is 0 Å². The number of rotatable bonds is 8. The lowest BCUT2D eigenvalue weighted by Crippen LogP contribution is -2.33. The molecule has 0 aromatic carbocycles. The highest BCUT2D eigenvalue weighted by Crippen LogP contribution is 2.16. The number of hydrogen-bond donors (Lipinski definition) is 1. The van der Waals surface area contributed by atoms with Crippen LogP contribution < -0.4 is 5.32 Å². The molecule has 0 saturated heterocycles. The van der Waals surface area contributed by atoms with Gasteiger partial charge in [-0.25, -0.2) is 9.97 Å². The van der Waals surface area contributed by atoms with Crippen LogP contribution in [-0.2, 0) is 0 Å². The van der Waals surface area contributed by atoms with Crippen LogP contribution in [0.1, 0.15) is 82.0 Å². The SMILES string of the molecule is CCCCCCC(C)NC(=O)c1nc(C(C)C)ncc1Cl. The van der Waals surface area contributed by atoms with Crippen molar-refractivity contribution < 1.29 is 4.79 Å². The molecule has 1 amide bonds. The van der Waals surface area contributed by atoms with Gasteiger partial charge < -0.3 is 5.32 Å². The van der Waals surface area contributed by atoms with Crippen LogP contribution in [0, 0.1) is 0 Å². The summed E-state index contributed by atoms with van der Waals surface area (Å²) < 4.78 is 0. The number of nitrogens with zero attached hydrogens (tertiary/aromatic N) is 2. The molecule has 4 nitrogen and oxygen atoms in total. The number of unbranched alkanes of at least 4 members (excludes halogenated alkanes) is 3. The molecule has 1 atom stereocenters. The van der Waals surface area contributed by atoms with Crippen LogP contribution in [0.15, 0.2) is 6.20 Å². The van der Waals surface area contributed by atoms with Gasteiger partial charge in [-0.1, -0.05) is 58.1 Å². The first-order valence-electron chi connectivity index (χ1n) is 7.79. The van der Waals surface area contributed by atoms with Crippen molar-refractivity contribution in [2.24, 2.45) is 0 Å². The molecule has 1 heterocycles. The highest BCUT2D eigenvalue weighted by molar-refractivity contribution is 6.33. The van der Waals surface area contributed by atoms with Gasteiger partial charge in [0.2, 0.25) is 0 Å². The van der Waals surface area contributed by atoms with E-state index in [0.29, 0.717) is 10.8 Å². The summed E-state index contributed by atoms with van der Waals surface area (Å²) in [6.45, 7) is 8.18. The van der Waals surface area contributed by atoms with Gasteiger partial charge in [0, 0.05) is 12.0 Å². The molecule has 118 valence electrons. The molecule has 0 radical (unpaired) electrons. The van der Waals surface area contributed by atoms with E-state index in [1.54, 1.807) is 0 Å². The number of halogens is 1. The first-order valence-corrected chi connectivity index (χ1v) is 8.16. The fourth-order valence-electron chi connectivity index (χ4n) is 2.06. The third-order valence-corrected chi connectivity index (χ3v) is 3.64. The zero-order chi connectivity index (χ0) is 15.8. The summed E-state index contributed by atoms with van der Waals surface area (Å²) in [6, 6.07) is 0.128. The van der Waals surface area contributed by atoms with E-state index in [1.165, 1.54) is 25.5 Å². The van der Waals surface area contributed by atoms with Gasteiger partial charge in [-0.3, -0.25) is 4.79 Å². The Labute approximate surface area is 132 Å². The average Bonchev–Trinajstić information content (AvgIpc) is 2.43. The molecule has 0 saturated carbocycles. The lowest BCUT2D eigenvalue weighted by Gasteiger charge is -2.14. The molecule has 0 fully saturated rings. The summed E-state index contributed by atoms with van der Waals surface area (Å²) >= 11 is 6.04. The molecule has 1 unspecified atom stereocenters. The predicted molar refractivity (Wildman–Crippen MR) is 86.8 cm³/mol. The minimum Gasteiger partial charge on any atom is -0.348 e. The number of nitrogens with one attached hydrogen (secondary N) is 1. The number of aromatic nitrogens is 2. The Morgan fingerprint density at radius 3 is 2.62 bits per heavy atom. The molecule has 1 N–H and O–H groups in total. The van der Waals surface area contributed by atoms with Gasteiger partial charge in [0.15, 0.2) is 0 Å². The van der Waals surface area contributed by atoms with E-state index >= 15 is 0 Å². The highest BCUT2D eigenvalue weighted by atomic mass is 35.5. The number of carbonyl (C=O) groups excluding carboxylic acids is 1. The minimum atomic E-state index is -0.215. The van der Waals surface area contributed by atoms with Crippen LogP contribution in [0.3, 0.4) is 0 Å².